The number of carbonyl (C=O) groups is 1. The first-order valence-corrected chi connectivity index (χ1v) is 7.92. The van der Waals surface area contributed by atoms with Gasteiger partial charge in [-0.15, -0.1) is 0 Å². The van der Waals surface area contributed by atoms with Crippen molar-refractivity contribution in [2.45, 2.75) is 12.3 Å². The van der Waals surface area contributed by atoms with E-state index in [0.717, 1.165) is 30.8 Å². The molecule has 1 saturated heterocycles. The first kappa shape index (κ1) is 15.3. The van der Waals surface area contributed by atoms with Crippen LogP contribution in [0, 0.1) is 0 Å². The summed E-state index contributed by atoms with van der Waals surface area (Å²) < 4.78 is 5.13. The van der Waals surface area contributed by atoms with Crippen LogP contribution in [0.4, 0.5) is 0 Å². The average Bonchev–Trinajstić information content (AvgIpc) is 3.11. The second-order valence-electron chi connectivity index (χ2n) is 5.79. The second kappa shape index (κ2) is 7.14. The fourth-order valence-electron chi connectivity index (χ4n) is 2.95. The Morgan fingerprint density at radius 3 is 2.57 bits per heavy atom. The first-order valence-electron chi connectivity index (χ1n) is 7.92. The highest BCUT2D eigenvalue weighted by Crippen LogP contribution is 2.27. The molecule has 3 heteroatoms. The van der Waals surface area contributed by atoms with Gasteiger partial charge in [-0.25, -0.2) is 0 Å². The quantitative estimate of drug-likeness (QED) is 0.806. The van der Waals surface area contributed by atoms with E-state index in [1.807, 2.05) is 41.3 Å². The van der Waals surface area contributed by atoms with Crippen LogP contribution in [-0.4, -0.2) is 31.0 Å². The highest BCUT2D eigenvalue weighted by molar-refractivity contribution is 5.92. The van der Waals surface area contributed by atoms with Crippen molar-refractivity contribution < 1.29 is 9.53 Å². The van der Waals surface area contributed by atoms with E-state index in [9.17, 15) is 4.79 Å². The molecule has 1 fully saturated rings. The van der Waals surface area contributed by atoms with Crippen molar-refractivity contribution in [2.24, 2.45) is 0 Å². The average molecular weight is 307 g/mol. The molecule has 118 valence electrons. The Hall–Kier alpha value is -2.55. The summed E-state index contributed by atoms with van der Waals surface area (Å²) in [5, 5.41) is 0. The SMILES string of the molecule is COc1ccc(/C=C/C(=O)N2CC[C@H](c3ccccc3)C2)cc1. The number of likely N-dealkylation sites (tertiary alicyclic amines) is 1. The molecule has 2 aromatic rings. The molecule has 0 N–H and O–H groups in total. The van der Waals surface area contributed by atoms with Crippen molar-refractivity contribution in [3.05, 3.63) is 71.8 Å². The Labute approximate surface area is 137 Å². The van der Waals surface area contributed by atoms with Crippen LogP contribution in [0.1, 0.15) is 23.5 Å². The summed E-state index contributed by atoms with van der Waals surface area (Å²) in [6.45, 7) is 1.63. The number of amides is 1. The number of methoxy groups -OCH3 is 1. The Bertz CT molecular complexity index is 677. The smallest absolute Gasteiger partial charge is 0.246 e. The Morgan fingerprint density at radius 2 is 1.87 bits per heavy atom. The third kappa shape index (κ3) is 3.81. The van der Waals surface area contributed by atoms with Gasteiger partial charge in [-0.05, 0) is 35.8 Å². The molecule has 1 aliphatic rings. The fraction of sp³-hybridized carbons (Fsp3) is 0.250. The molecule has 1 amide bonds. The Morgan fingerprint density at radius 1 is 1.13 bits per heavy atom. The van der Waals surface area contributed by atoms with Gasteiger partial charge in [-0.2, -0.15) is 0 Å². The molecule has 3 nitrogen and oxygen atoms in total. The van der Waals surface area contributed by atoms with Crippen molar-refractivity contribution in [1.29, 1.82) is 0 Å². The van der Waals surface area contributed by atoms with Crippen molar-refractivity contribution in [2.75, 3.05) is 20.2 Å². The summed E-state index contributed by atoms with van der Waals surface area (Å²) in [5.74, 6) is 1.35. The van der Waals surface area contributed by atoms with Gasteiger partial charge in [-0.1, -0.05) is 42.5 Å². The third-order valence-corrected chi connectivity index (χ3v) is 4.31. The van der Waals surface area contributed by atoms with Gasteiger partial charge < -0.3 is 9.64 Å². The van der Waals surface area contributed by atoms with Crippen molar-refractivity contribution >= 4 is 12.0 Å². The van der Waals surface area contributed by atoms with Gasteiger partial charge >= 0.3 is 0 Å². The lowest BCUT2D eigenvalue weighted by atomic mass is 9.99. The van der Waals surface area contributed by atoms with E-state index in [4.69, 9.17) is 4.74 Å². The normalized spacial score (nSPS) is 17.6. The van der Waals surface area contributed by atoms with Crippen molar-refractivity contribution in [3.8, 4) is 5.75 Å². The molecule has 1 atom stereocenters. The van der Waals surface area contributed by atoms with Crippen LogP contribution in [0.5, 0.6) is 5.75 Å². The lowest BCUT2D eigenvalue weighted by Gasteiger charge is -2.14. The number of hydrogen-bond acceptors (Lipinski definition) is 2. The van der Waals surface area contributed by atoms with Crippen LogP contribution in [0.15, 0.2) is 60.7 Å². The zero-order valence-electron chi connectivity index (χ0n) is 13.3. The van der Waals surface area contributed by atoms with Gasteiger partial charge in [0, 0.05) is 25.1 Å². The number of hydrogen-bond donors (Lipinski definition) is 0. The zero-order valence-corrected chi connectivity index (χ0v) is 13.3. The number of ether oxygens (including phenoxy) is 1. The molecule has 1 aliphatic heterocycles. The van der Waals surface area contributed by atoms with E-state index >= 15 is 0 Å². The lowest BCUT2D eigenvalue weighted by molar-refractivity contribution is -0.124. The van der Waals surface area contributed by atoms with Gasteiger partial charge in [0.25, 0.3) is 0 Å². The monoisotopic (exact) mass is 307 g/mol. The van der Waals surface area contributed by atoms with Gasteiger partial charge in [-0.3, -0.25) is 4.79 Å². The fourth-order valence-corrected chi connectivity index (χ4v) is 2.95. The van der Waals surface area contributed by atoms with Crippen LogP contribution < -0.4 is 4.74 Å². The van der Waals surface area contributed by atoms with E-state index in [0.29, 0.717) is 5.92 Å². The van der Waals surface area contributed by atoms with Gasteiger partial charge in [0.05, 0.1) is 7.11 Å². The summed E-state index contributed by atoms with van der Waals surface area (Å²) in [6, 6.07) is 18.1. The summed E-state index contributed by atoms with van der Waals surface area (Å²) in [7, 11) is 1.64. The molecular weight excluding hydrogens is 286 g/mol. The number of rotatable bonds is 4. The minimum Gasteiger partial charge on any atom is -0.497 e. The maximum atomic E-state index is 12.3. The summed E-state index contributed by atoms with van der Waals surface area (Å²) in [4.78, 5) is 14.3. The lowest BCUT2D eigenvalue weighted by Crippen LogP contribution is -2.26. The molecule has 0 saturated carbocycles. The molecular formula is C20H21NO2. The van der Waals surface area contributed by atoms with Gasteiger partial charge in [0.1, 0.15) is 5.75 Å². The summed E-state index contributed by atoms with van der Waals surface area (Å²) >= 11 is 0. The zero-order chi connectivity index (χ0) is 16.1. The van der Waals surface area contributed by atoms with Crippen LogP contribution >= 0.6 is 0 Å². The predicted octanol–water partition coefficient (Wildman–Crippen LogP) is 3.72. The van der Waals surface area contributed by atoms with Gasteiger partial charge in [0.2, 0.25) is 5.91 Å². The molecule has 2 aromatic carbocycles. The first-order chi connectivity index (χ1) is 11.3. The molecule has 1 heterocycles. The van der Waals surface area contributed by atoms with Crippen LogP contribution in [0.25, 0.3) is 6.08 Å². The molecule has 23 heavy (non-hydrogen) atoms. The largest absolute Gasteiger partial charge is 0.497 e. The molecule has 0 spiro atoms. The van der Waals surface area contributed by atoms with E-state index in [1.165, 1.54) is 5.56 Å². The molecule has 0 bridgehead atoms. The Balaban J connectivity index is 1.59. The minimum atomic E-state index is 0.0826. The minimum absolute atomic E-state index is 0.0826. The van der Waals surface area contributed by atoms with Crippen LogP contribution in [-0.2, 0) is 4.79 Å². The number of carbonyl (C=O) groups excluding carboxylic acids is 1. The maximum absolute atomic E-state index is 12.3. The second-order valence-corrected chi connectivity index (χ2v) is 5.79. The molecule has 3 rings (SSSR count). The van der Waals surface area contributed by atoms with E-state index in [-0.39, 0.29) is 5.91 Å². The molecule has 0 unspecified atom stereocenters. The maximum Gasteiger partial charge on any atom is 0.246 e. The van der Waals surface area contributed by atoms with Crippen molar-refractivity contribution in [1.82, 2.24) is 4.90 Å². The number of benzene rings is 2. The number of nitrogens with zero attached hydrogens (tertiary/aromatic N) is 1. The third-order valence-electron chi connectivity index (χ3n) is 4.31. The molecule has 0 radical (unpaired) electrons. The summed E-state index contributed by atoms with van der Waals surface area (Å²) in [6.07, 6.45) is 4.55. The standard InChI is InChI=1S/C20H21NO2/c1-23-19-10-7-16(8-11-19)9-12-20(22)21-14-13-18(15-21)17-5-3-2-4-6-17/h2-12,18H,13-15H2,1H3/b12-9+/t18-/m0/s1. The molecule has 0 aromatic heterocycles. The van der Waals surface area contributed by atoms with Crippen molar-refractivity contribution in [3.63, 3.8) is 0 Å². The topological polar surface area (TPSA) is 29.5 Å². The predicted molar refractivity (Wildman–Crippen MR) is 92.4 cm³/mol. The van der Waals surface area contributed by atoms with E-state index in [1.54, 1.807) is 13.2 Å². The van der Waals surface area contributed by atoms with E-state index < -0.39 is 0 Å². The van der Waals surface area contributed by atoms with E-state index in [2.05, 4.69) is 24.3 Å². The highest BCUT2D eigenvalue weighted by atomic mass is 16.5. The van der Waals surface area contributed by atoms with Crippen LogP contribution in [0.2, 0.25) is 0 Å². The highest BCUT2D eigenvalue weighted by Gasteiger charge is 2.25. The van der Waals surface area contributed by atoms with Crippen LogP contribution in [0.3, 0.4) is 0 Å². The summed E-state index contributed by atoms with van der Waals surface area (Å²) in [5.41, 5.74) is 2.32. The molecule has 0 aliphatic carbocycles. The Kier molecular flexibility index (Phi) is 4.77. The van der Waals surface area contributed by atoms with Gasteiger partial charge in [0.15, 0.2) is 0 Å².